The number of urea groups is 1. The Labute approximate surface area is 117 Å². The second-order valence-electron chi connectivity index (χ2n) is 5.25. The first-order chi connectivity index (χ1) is 9.23. The monoisotopic (exact) mass is 282 g/mol. The molecular formula is C14H19FN2O3. The first kappa shape index (κ1) is 15.9. The lowest BCUT2D eigenvalue weighted by atomic mass is 10.2. The van der Waals surface area contributed by atoms with E-state index in [0.717, 1.165) is 4.90 Å². The van der Waals surface area contributed by atoms with E-state index in [1.165, 1.54) is 31.3 Å². The SMILES string of the molecule is CNC(=O)N(Cc1ccc(F)cc1)C(=O)OC(C)(C)C. The minimum absolute atomic E-state index is 0.00880. The lowest BCUT2D eigenvalue weighted by Gasteiger charge is -2.25. The van der Waals surface area contributed by atoms with E-state index in [0.29, 0.717) is 5.56 Å². The number of rotatable bonds is 2. The van der Waals surface area contributed by atoms with Crippen molar-refractivity contribution in [1.29, 1.82) is 0 Å². The molecule has 0 heterocycles. The first-order valence-electron chi connectivity index (χ1n) is 6.19. The predicted octanol–water partition coefficient (Wildman–Crippen LogP) is 2.90. The molecule has 1 rings (SSSR count). The van der Waals surface area contributed by atoms with Gasteiger partial charge < -0.3 is 10.1 Å². The van der Waals surface area contributed by atoms with Crippen LogP contribution in [0.15, 0.2) is 24.3 Å². The molecular weight excluding hydrogens is 263 g/mol. The Morgan fingerprint density at radius 2 is 1.80 bits per heavy atom. The molecule has 6 heteroatoms. The summed E-state index contributed by atoms with van der Waals surface area (Å²) in [6.07, 6.45) is -0.749. The number of halogens is 1. The number of benzene rings is 1. The summed E-state index contributed by atoms with van der Waals surface area (Å²) in [5.41, 5.74) is -0.0764. The highest BCUT2D eigenvalue weighted by Crippen LogP contribution is 2.13. The highest BCUT2D eigenvalue weighted by atomic mass is 19.1. The van der Waals surface area contributed by atoms with E-state index >= 15 is 0 Å². The van der Waals surface area contributed by atoms with E-state index in [4.69, 9.17) is 4.74 Å². The molecule has 0 saturated carbocycles. The second-order valence-corrected chi connectivity index (χ2v) is 5.25. The number of imide groups is 1. The summed E-state index contributed by atoms with van der Waals surface area (Å²) < 4.78 is 18.0. The summed E-state index contributed by atoms with van der Waals surface area (Å²) in [7, 11) is 1.42. The summed E-state index contributed by atoms with van der Waals surface area (Å²) in [6, 6.07) is 4.98. The van der Waals surface area contributed by atoms with Crippen molar-refractivity contribution >= 4 is 12.1 Å². The Morgan fingerprint density at radius 3 is 2.25 bits per heavy atom. The molecule has 5 nitrogen and oxygen atoms in total. The molecule has 0 aliphatic rings. The number of hydrogen-bond acceptors (Lipinski definition) is 3. The van der Waals surface area contributed by atoms with Gasteiger partial charge in [0.25, 0.3) is 0 Å². The maximum absolute atomic E-state index is 12.8. The highest BCUT2D eigenvalue weighted by molar-refractivity contribution is 5.90. The van der Waals surface area contributed by atoms with Gasteiger partial charge in [0.05, 0.1) is 6.54 Å². The van der Waals surface area contributed by atoms with Gasteiger partial charge in [-0.2, -0.15) is 0 Å². The Balaban J connectivity index is 2.87. The number of amides is 3. The van der Waals surface area contributed by atoms with Crippen LogP contribution in [-0.4, -0.2) is 29.7 Å². The second kappa shape index (κ2) is 6.36. The molecule has 1 N–H and O–H groups in total. The number of nitrogens with one attached hydrogen (secondary N) is 1. The molecule has 1 aromatic rings. The van der Waals surface area contributed by atoms with Crippen molar-refractivity contribution < 1.29 is 18.7 Å². The van der Waals surface area contributed by atoms with Crippen LogP contribution in [0.4, 0.5) is 14.0 Å². The summed E-state index contributed by atoms with van der Waals surface area (Å²) in [6.45, 7) is 5.15. The van der Waals surface area contributed by atoms with Crippen molar-refractivity contribution in [3.63, 3.8) is 0 Å². The van der Waals surface area contributed by atoms with Crippen LogP contribution in [0.5, 0.6) is 0 Å². The van der Waals surface area contributed by atoms with Crippen molar-refractivity contribution in [2.24, 2.45) is 0 Å². The number of hydrogen-bond donors (Lipinski definition) is 1. The fourth-order valence-corrected chi connectivity index (χ4v) is 1.44. The molecule has 20 heavy (non-hydrogen) atoms. The van der Waals surface area contributed by atoms with E-state index in [2.05, 4.69) is 5.32 Å². The Hall–Kier alpha value is -2.11. The van der Waals surface area contributed by atoms with Gasteiger partial charge in [-0.15, -0.1) is 0 Å². The van der Waals surface area contributed by atoms with Gasteiger partial charge in [0.2, 0.25) is 0 Å². The summed E-state index contributed by atoms with van der Waals surface area (Å²) in [5.74, 6) is -0.377. The average molecular weight is 282 g/mol. The number of ether oxygens (including phenoxy) is 1. The van der Waals surface area contributed by atoms with Crippen molar-refractivity contribution in [3.8, 4) is 0 Å². The van der Waals surface area contributed by atoms with Crippen LogP contribution in [-0.2, 0) is 11.3 Å². The number of nitrogens with zero attached hydrogens (tertiary/aromatic N) is 1. The normalized spacial score (nSPS) is 10.8. The molecule has 0 aliphatic carbocycles. The molecule has 0 spiro atoms. The minimum atomic E-state index is -0.749. The Morgan fingerprint density at radius 1 is 1.25 bits per heavy atom. The third-order valence-corrected chi connectivity index (χ3v) is 2.33. The van der Waals surface area contributed by atoms with Crippen LogP contribution >= 0.6 is 0 Å². The third kappa shape index (κ3) is 4.87. The van der Waals surface area contributed by atoms with E-state index in [9.17, 15) is 14.0 Å². The van der Waals surface area contributed by atoms with Gasteiger partial charge in [0, 0.05) is 7.05 Å². The highest BCUT2D eigenvalue weighted by Gasteiger charge is 2.26. The van der Waals surface area contributed by atoms with Gasteiger partial charge in [0.15, 0.2) is 0 Å². The zero-order valence-electron chi connectivity index (χ0n) is 12.1. The van der Waals surface area contributed by atoms with Gasteiger partial charge >= 0.3 is 12.1 Å². The van der Waals surface area contributed by atoms with Crippen molar-refractivity contribution in [1.82, 2.24) is 10.2 Å². The zero-order chi connectivity index (χ0) is 15.3. The minimum Gasteiger partial charge on any atom is -0.443 e. The summed E-state index contributed by atoms with van der Waals surface area (Å²) >= 11 is 0. The van der Waals surface area contributed by atoms with E-state index in [1.54, 1.807) is 20.8 Å². The molecule has 0 unspecified atom stereocenters. The van der Waals surface area contributed by atoms with Crippen molar-refractivity contribution in [2.75, 3.05) is 7.05 Å². The quantitative estimate of drug-likeness (QED) is 0.907. The number of carbonyl (C=O) groups is 2. The molecule has 3 amide bonds. The van der Waals surface area contributed by atoms with Crippen LogP contribution < -0.4 is 5.32 Å². The van der Waals surface area contributed by atoms with Crippen LogP contribution in [0.3, 0.4) is 0 Å². The van der Waals surface area contributed by atoms with Gasteiger partial charge in [-0.1, -0.05) is 12.1 Å². The smallest absolute Gasteiger partial charge is 0.418 e. The molecule has 0 aromatic heterocycles. The van der Waals surface area contributed by atoms with Crippen LogP contribution in [0.1, 0.15) is 26.3 Å². The lowest BCUT2D eigenvalue weighted by Crippen LogP contribution is -2.44. The maximum atomic E-state index is 12.8. The summed E-state index contributed by atoms with van der Waals surface area (Å²) in [4.78, 5) is 24.7. The average Bonchev–Trinajstić information content (AvgIpc) is 2.35. The molecule has 0 radical (unpaired) electrons. The first-order valence-corrected chi connectivity index (χ1v) is 6.19. The topological polar surface area (TPSA) is 58.6 Å². The molecule has 0 atom stereocenters. The van der Waals surface area contributed by atoms with Crippen LogP contribution in [0, 0.1) is 5.82 Å². The van der Waals surface area contributed by atoms with E-state index in [-0.39, 0.29) is 12.4 Å². The molecule has 0 bridgehead atoms. The van der Waals surface area contributed by atoms with E-state index in [1.807, 2.05) is 0 Å². The molecule has 1 aromatic carbocycles. The van der Waals surface area contributed by atoms with Crippen molar-refractivity contribution in [3.05, 3.63) is 35.6 Å². The fraction of sp³-hybridized carbons (Fsp3) is 0.429. The fourth-order valence-electron chi connectivity index (χ4n) is 1.44. The molecule has 0 fully saturated rings. The van der Waals surface area contributed by atoms with Crippen LogP contribution in [0.2, 0.25) is 0 Å². The van der Waals surface area contributed by atoms with Gasteiger partial charge in [0.1, 0.15) is 11.4 Å². The molecule has 0 aliphatic heterocycles. The number of carbonyl (C=O) groups excluding carboxylic acids is 2. The zero-order valence-corrected chi connectivity index (χ0v) is 12.1. The lowest BCUT2D eigenvalue weighted by molar-refractivity contribution is 0.0310. The van der Waals surface area contributed by atoms with E-state index < -0.39 is 17.7 Å². The summed E-state index contributed by atoms with van der Waals surface area (Å²) in [5, 5.41) is 2.38. The van der Waals surface area contributed by atoms with Crippen molar-refractivity contribution in [2.45, 2.75) is 32.9 Å². The van der Waals surface area contributed by atoms with Crippen LogP contribution in [0.25, 0.3) is 0 Å². The van der Waals surface area contributed by atoms with Gasteiger partial charge in [-0.05, 0) is 38.5 Å². The third-order valence-electron chi connectivity index (χ3n) is 2.33. The standard InChI is InChI=1S/C14H19FN2O3/c1-14(2,3)20-13(19)17(12(18)16-4)9-10-5-7-11(15)8-6-10/h5-8H,9H2,1-4H3,(H,16,18). The Kier molecular flexibility index (Phi) is 5.07. The molecule has 0 saturated heterocycles. The largest absolute Gasteiger partial charge is 0.443 e. The molecule has 110 valence electrons. The Bertz CT molecular complexity index is 480. The van der Waals surface area contributed by atoms with Gasteiger partial charge in [-0.25, -0.2) is 18.9 Å². The van der Waals surface area contributed by atoms with Gasteiger partial charge in [-0.3, -0.25) is 0 Å². The predicted molar refractivity (Wildman–Crippen MR) is 72.6 cm³/mol. The maximum Gasteiger partial charge on any atom is 0.418 e.